The number of benzene rings is 1. The first-order valence-electron chi connectivity index (χ1n) is 5.95. The minimum Gasteiger partial charge on any atom is -0.469 e. The van der Waals surface area contributed by atoms with Gasteiger partial charge in [-0.15, -0.1) is 5.10 Å². The van der Waals surface area contributed by atoms with Gasteiger partial charge in [-0.2, -0.15) is 0 Å². The van der Waals surface area contributed by atoms with Crippen molar-refractivity contribution in [2.75, 3.05) is 0 Å². The molecule has 0 radical (unpaired) electrons. The van der Waals surface area contributed by atoms with Crippen molar-refractivity contribution in [3.8, 4) is 0 Å². The van der Waals surface area contributed by atoms with E-state index in [1.54, 1.807) is 6.26 Å². The van der Waals surface area contributed by atoms with Crippen molar-refractivity contribution in [1.29, 1.82) is 0 Å². The Morgan fingerprint density at radius 2 is 2.00 bits per heavy atom. The maximum Gasteiger partial charge on any atom is 0.284 e. The summed E-state index contributed by atoms with van der Waals surface area (Å²) >= 11 is 4.89. The highest BCUT2D eigenvalue weighted by molar-refractivity contribution is 7.71. The molecule has 0 amide bonds. The number of furan rings is 1. The monoisotopic (exact) mass is 272 g/mol. The molecule has 3 aromatic rings. The molecule has 0 saturated heterocycles. The second-order valence-corrected chi connectivity index (χ2v) is 4.56. The lowest BCUT2D eigenvalue weighted by Gasteiger charge is -2.12. The quantitative estimate of drug-likeness (QED) is 0.736. The highest BCUT2D eigenvalue weighted by atomic mass is 32.1. The van der Waals surface area contributed by atoms with Crippen LogP contribution in [0.5, 0.6) is 0 Å². The predicted molar refractivity (Wildman–Crippen MR) is 72.4 cm³/mol. The summed E-state index contributed by atoms with van der Waals surface area (Å²) in [5.41, 5.74) is 1.15. The van der Waals surface area contributed by atoms with Crippen molar-refractivity contribution in [2.24, 2.45) is 0 Å². The molecule has 3 rings (SSSR count). The summed E-state index contributed by atoms with van der Waals surface area (Å²) in [5.74, 6) is 1.53. The summed E-state index contributed by atoms with van der Waals surface area (Å²) in [4.78, 5) is 0.293. The summed E-state index contributed by atoms with van der Waals surface area (Å²) in [6, 6.07) is 14.0. The fourth-order valence-electron chi connectivity index (χ4n) is 2.08. The zero-order valence-corrected chi connectivity index (χ0v) is 10.9. The summed E-state index contributed by atoms with van der Waals surface area (Å²) in [7, 11) is 0. The second kappa shape index (κ2) is 5.24. The van der Waals surface area contributed by atoms with Crippen LogP contribution >= 0.6 is 12.2 Å². The number of rotatable bonds is 4. The first kappa shape index (κ1) is 11.9. The van der Waals surface area contributed by atoms with Crippen LogP contribution in [0, 0.1) is 4.84 Å². The minimum atomic E-state index is 0.0673. The third-order valence-corrected chi connectivity index (χ3v) is 3.12. The summed E-state index contributed by atoms with van der Waals surface area (Å²) in [6.45, 7) is 0. The van der Waals surface area contributed by atoms with Crippen molar-refractivity contribution in [2.45, 2.75) is 12.3 Å². The van der Waals surface area contributed by atoms with E-state index >= 15 is 0 Å². The van der Waals surface area contributed by atoms with Crippen LogP contribution in [0.25, 0.3) is 0 Å². The Balaban J connectivity index is 1.95. The van der Waals surface area contributed by atoms with E-state index in [1.807, 2.05) is 30.3 Å². The third kappa shape index (κ3) is 2.66. The van der Waals surface area contributed by atoms with Gasteiger partial charge in [-0.3, -0.25) is 0 Å². The molecule has 0 aliphatic heterocycles. The normalized spacial score (nSPS) is 12.4. The van der Waals surface area contributed by atoms with E-state index < -0.39 is 0 Å². The van der Waals surface area contributed by atoms with Gasteiger partial charge in [0, 0.05) is 6.42 Å². The van der Waals surface area contributed by atoms with E-state index in [1.165, 1.54) is 0 Å². The van der Waals surface area contributed by atoms with Gasteiger partial charge in [-0.05, 0) is 29.9 Å². The van der Waals surface area contributed by atoms with E-state index in [2.05, 4.69) is 22.3 Å². The highest BCUT2D eigenvalue weighted by Crippen LogP contribution is 2.28. The maximum atomic E-state index is 5.52. The third-order valence-electron chi connectivity index (χ3n) is 2.95. The lowest BCUT2D eigenvalue weighted by molar-refractivity contribution is 0.437. The molecule has 0 bridgehead atoms. The number of nitrogens with zero attached hydrogens (tertiary/aromatic N) is 1. The van der Waals surface area contributed by atoms with Crippen LogP contribution in [0.1, 0.15) is 23.1 Å². The Morgan fingerprint density at radius 1 is 1.16 bits per heavy atom. The minimum absolute atomic E-state index is 0.0673. The number of H-pyrrole nitrogens is 1. The van der Waals surface area contributed by atoms with Crippen LogP contribution in [-0.4, -0.2) is 10.2 Å². The van der Waals surface area contributed by atoms with Crippen LogP contribution in [0.3, 0.4) is 0 Å². The Kier molecular flexibility index (Phi) is 3.29. The number of nitrogens with one attached hydrogen (secondary N) is 1. The van der Waals surface area contributed by atoms with Crippen molar-refractivity contribution in [3.05, 3.63) is 70.8 Å². The lowest BCUT2D eigenvalue weighted by atomic mass is 9.93. The fourth-order valence-corrected chi connectivity index (χ4v) is 2.22. The molecule has 1 unspecified atom stereocenters. The molecule has 2 aromatic heterocycles. The van der Waals surface area contributed by atoms with Gasteiger partial charge < -0.3 is 8.83 Å². The van der Waals surface area contributed by atoms with Crippen LogP contribution in [-0.2, 0) is 6.42 Å². The van der Waals surface area contributed by atoms with Crippen LogP contribution < -0.4 is 0 Å². The molecule has 0 saturated carbocycles. The van der Waals surface area contributed by atoms with E-state index in [0.717, 1.165) is 11.3 Å². The van der Waals surface area contributed by atoms with E-state index in [9.17, 15) is 0 Å². The van der Waals surface area contributed by atoms with Gasteiger partial charge in [0.15, 0.2) is 0 Å². The molecule has 1 N–H and O–H groups in total. The molecule has 0 aliphatic rings. The molecule has 0 spiro atoms. The zero-order valence-electron chi connectivity index (χ0n) is 10.1. The molecule has 19 heavy (non-hydrogen) atoms. The van der Waals surface area contributed by atoms with Gasteiger partial charge in [0.05, 0.1) is 12.2 Å². The van der Waals surface area contributed by atoms with Gasteiger partial charge in [-0.1, -0.05) is 30.3 Å². The van der Waals surface area contributed by atoms with Crippen LogP contribution in [0.4, 0.5) is 0 Å². The molecule has 96 valence electrons. The SMILES string of the molecule is S=c1[nH]nc(CC(c2ccccc2)c2ccco2)o1. The smallest absolute Gasteiger partial charge is 0.284 e. The Labute approximate surface area is 115 Å². The van der Waals surface area contributed by atoms with E-state index in [0.29, 0.717) is 17.1 Å². The van der Waals surface area contributed by atoms with Gasteiger partial charge in [0.25, 0.3) is 4.84 Å². The first-order valence-corrected chi connectivity index (χ1v) is 6.36. The van der Waals surface area contributed by atoms with E-state index in [4.69, 9.17) is 21.1 Å². The Morgan fingerprint density at radius 3 is 2.63 bits per heavy atom. The Hall–Kier alpha value is -2.14. The molecule has 4 nitrogen and oxygen atoms in total. The molecule has 2 heterocycles. The molecule has 0 aliphatic carbocycles. The fraction of sp³-hybridized carbons (Fsp3) is 0.143. The van der Waals surface area contributed by atoms with Crippen molar-refractivity contribution < 1.29 is 8.83 Å². The number of aromatic amines is 1. The van der Waals surface area contributed by atoms with Crippen molar-refractivity contribution in [3.63, 3.8) is 0 Å². The highest BCUT2D eigenvalue weighted by Gasteiger charge is 2.19. The molecule has 5 heteroatoms. The van der Waals surface area contributed by atoms with Crippen molar-refractivity contribution >= 4 is 12.2 Å². The standard InChI is InChI=1S/C14H12N2O2S/c19-14-16-15-13(18-14)9-11(12-7-4-8-17-12)10-5-2-1-3-6-10/h1-8,11H,9H2,(H,16,19). The molecule has 0 fully saturated rings. The topological polar surface area (TPSA) is 55.0 Å². The number of aromatic nitrogens is 2. The second-order valence-electron chi connectivity index (χ2n) is 4.19. The first-order chi connectivity index (χ1) is 9.33. The van der Waals surface area contributed by atoms with Gasteiger partial charge in [0.1, 0.15) is 5.76 Å². The van der Waals surface area contributed by atoms with E-state index in [-0.39, 0.29) is 5.92 Å². The number of hydrogen-bond donors (Lipinski definition) is 1. The van der Waals surface area contributed by atoms with Gasteiger partial charge in [0.2, 0.25) is 5.89 Å². The molecule has 1 aromatic carbocycles. The summed E-state index contributed by atoms with van der Waals surface area (Å²) < 4.78 is 10.9. The van der Waals surface area contributed by atoms with Gasteiger partial charge >= 0.3 is 0 Å². The molecular formula is C14H12N2O2S. The van der Waals surface area contributed by atoms with Gasteiger partial charge in [-0.25, -0.2) is 5.10 Å². The number of hydrogen-bond acceptors (Lipinski definition) is 4. The average molecular weight is 272 g/mol. The van der Waals surface area contributed by atoms with Crippen LogP contribution in [0.15, 0.2) is 57.6 Å². The molecular weight excluding hydrogens is 260 g/mol. The zero-order chi connectivity index (χ0) is 13.1. The average Bonchev–Trinajstić information content (AvgIpc) is 3.08. The molecule has 1 atom stereocenters. The largest absolute Gasteiger partial charge is 0.469 e. The lowest BCUT2D eigenvalue weighted by Crippen LogP contribution is -2.04. The summed E-state index contributed by atoms with van der Waals surface area (Å²) in [5, 5.41) is 6.69. The maximum absolute atomic E-state index is 5.52. The summed E-state index contributed by atoms with van der Waals surface area (Å²) in [6.07, 6.45) is 2.27. The van der Waals surface area contributed by atoms with Crippen LogP contribution in [0.2, 0.25) is 0 Å². The predicted octanol–water partition coefficient (Wildman–Crippen LogP) is 3.70. The Bertz CT molecular complexity index is 686. The van der Waals surface area contributed by atoms with Crippen molar-refractivity contribution in [1.82, 2.24) is 10.2 Å².